The number of carbonyl (C=O) groups is 3. The number of carboxylic acids is 1. The molecule has 2 amide bonds. The molecule has 1 aliphatic rings. The molecule has 0 radical (unpaired) electrons. The molecule has 0 saturated heterocycles. The first kappa shape index (κ1) is 26.3. The van der Waals surface area contributed by atoms with Gasteiger partial charge in [0, 0.05) is 18.4 Å². The summed E-state index contributed by atoms with van der Waals surface area (Å²) >= 11 is 0. The molecule has 1 aliphatic carbocycles. The Morgan fingerprint density at radius 3 is 2.06 bits per heavy atom. The summed E-state index contributed by atoms with van der Waals surface area (Å²) in [6.07, 6.45) is 1.74. The van der Waals surface area contributed by atoms with Crippen LogP contribution in [0, 0.1) is 5.41 Å². The van der Waals surface area contributed by atoms with E-state index in [0.29, 0.717) is 6.42 Å². The first-order valence-electron chi connectivity index (χ1n) is 12.3. The largest absolute Gasteiger partial charge is 0.480 e. The molecular weight excluding hydrogens is 444 g/mol. The first-order valence-corrected chi connectivity index (χ1v) is 12.3. The maximum atomic E-state index is 12.7. The number of fused-ring (bicyclic) bond motifs is 3. The van der Waals surface area contributed by atoms with Crippen molar-refractivity contribution in [1.29, 1.82) is 0 Å². The molecule has 35 heavy (non-hydrogen) atoms. The van der Waals surface area contributed by atoms with Crippen LogP contribution in [0.3, 0.4) is 0 Å². The minimum absolute atomic E-state index is 0.00987. The standard InChI is InChI=1S/C28H36N2O5/c1-5-6-11-18(16-24(31)30-25(26(32)33)28(2,3)4)29-27(34)35-17-23-21-14-9-7-12-19(21)20-13-8-10-15-22(20)23/h7-10,12-15,18,23,25H,5-6,11,16-17H2,1-4H3,(H,29,34)(H,30,31)(H,32,33)/t18-,25-/m0/s1. The number of alkyl carbamates (subject to hydrolysis) is 1. The summed E-state index contributed by atoms with van der Waals surface area (Å²) in [5.74, 6) is -1.54. The third-order valence-corrected chi connectivity index (χ3v) is 6.42. The predicted octanol–water partition coefficient (Wildman–Crippen LogP) is 5.09. The fourth-order valence-corrected chi connectivity index (χ4v) is 4.57. The second kappa shape index (κ2) is 11.4. The van der Waals surface area contributed by atoms with Gasteiger partial charge in [0.1, 0.15) is 12.6 Å². The van der Waals surface area contributed by atoms with E-state index in [9.17, 15) is 19.5 Å². The lowest BCUT2D eigenvalue weighted by Gasteiger charge is -2.28. The molecule has 2 aromatic rings. The van der Waals surface area contributed by atoms with Crippen LogP contribution in [0.4, 0.5) is 4.79 Å². The Hall–Kier alpha value is -3.35. The fraction of sp³-hybridized carbons (Fsp3) is 0.464. The Morgan fingerprint density at radius 2 is 1.54 bits per heavy atom. The Kier molecular flexibility index (Phi) is 8.54. The van der Waals surface area contributed by atoms with Gasteiger partial charge in [0.05, 0.1) is 0 Å². The minimum Gasteiger partial charge on any atom is -0.480 e. The van der Waals surface area contributed by atoms with Crippen molar-refractivity contribution in [1.82, 2.24) is 10.6 Å². The van der Waals surface area contributed by atoms with Gasteiger partial charge in [0.15, 0.2) is 0 Å². The number of benzene rings is 2. The lowest BCUT2D eigenvalue weighted by molar-refractivity contribution is -0.145. The van der Waals surface area contributed by atoms with E-state index in [1.165, 1.54) is 0 Å². The van der Waals surface area contributed by atoms with Gasteiger partial charge in [-0.3, -0.25) is 4.79 Å². The predicted molar refractivity (Wildman–Crippen MR) is 135 cm³/mol. The van der Waals surface area contributed by atoms with Gasteiger partial charge in [-0.1, -0.05) is 89.1 Å². The molecule has 0 saturated carbocycles. The number of ether oxygens (including phenoxy) is 1. The fourth-order valence-electron chi connectivity index (χ4n) is 4.57. The molecule has 0 aliphatic heterocycles. The van der Waals surface area contributed by atoms with Gasteiger partial charge in [-0.05, 0) is 34.1 Å². The van der Waals surface area contributed by atoms with Gasteiger partial charge < -0.3 is 20.5 Å². The molecule has 2 atom stereocenters. The Morgan fingerprint density at radius 1 is 0.971 bits per heavy atom. The molecule has 0 heterocycles. The summed E-state index contributed by atoms with van der Waals surface area (Å²) in [5, 5.41) is 14.9. The van der Waals surface area contributed by atoms with Gasteiger partial charge in [0.25, 0.3) is 0 Å². The average Bonchev–Trinajstić information content (AvgIpc) is 3.12. The summed E-state index contributed by atoms with van der Waals surface area (Å²) < 4.78 is 5.63. The van der Waals surface area contributed by atoms with Crippen LogP contribution in [0.25, 0.3) is 11.1 Å². The monoisotopic (exact) mass is 480 g/mol. The van der Waals surface area contributed by atoms with Crippen molar-refractivity contribution in [3.63, 3.8) is 0 Å². The first-order chi connectivity index (χ1) is 16.6. The van der Waals surface area contributed by atoms with Gasteiger partial charge in [-0.25, -0.2) is 9.59 Å². The molecule has 7 heteroatoms. The van der Waals surface area contributed by atoms with Crippen LogP contribution >= 0.6 is 0 Å². The van der Waals surface area contributed by atoms with Crippen LogP contribution in [0.5, 0.6) is 0 Å². The molecule has 0 bridgehead atoms. The Balaban J connectivity index is 1.62. The van der Waals surface area contributed by atoms with Crippen LogP contribution in [0.2, 0.25) is 0 Å². The number of aliphatic carboxylic acids is 1. The number of carboxylic acid groups (broad SMARTS) is 1. The van der Waals surface area contributed by atoms with Crippen molar-refractivity contribution in [2.75, 3.05) is 6.61 Å². The van der Waals surface area contributed by atoms with E-state index in [0.717, 1.165) is 35.1 Å². The molecule has 3 rings (SSSR count). The van der Waals surface area contributed by atoms with Crippen molar-refractivity contribution in [3.8, 4) is 11.1 Å². The Bertz CT molecular complexity index is 1010. The van der Waals surface area contributed by atoms with Crippen LogP contribution < -0.4 is 10.6 Å². The van der Waals surface area contributed by atoms with E-state index in [1.807, 2.05) is 31.2 Å². The van der Waals surface area contributed by atoms with E-state index < -0.39 is 35.5 Å². The zero-order valence-corrected chi connectivity index (χ0v) is 21.0. The number of unbranched alkanes of at least 4 members (excludes halogenated alkanes) is 1. The molecule has 0 unspecified atom stereocenters. The summed E-state index contributed by atoms with van der Waals surface area (Å²) in [4.78, 5) is 36.9. The molecule has 7 nitrogen and oxygen atoms in total. The molecule has 0 fully saturated rings. The highest BCUT2D eigenvalue weighted by Crippen LogP contribution is 2.44. The lowest BCUT2D eigenvalue weighted by atomic mass is 9.86. The van der Waals surface area contributed by atoms with E-state index in [-0.39, 0.29) is 18.9 Å². The van der Waals surface area contributed by atoms with Gasteiger partial charge in [0.2, 0.25) is 5.91 Å². The number of hydrogen-bond donors (Lipinski definition) is 3. The van der Waals surface area contributed by atoms with Crippen LogP contribution in [-0.2, 0) is 14.3 Å². The topological polar surface area (TPSA) is 105 Å². The van der Waals surface area contributed by atoms with Crippen molar-refractivity contribution in [2.24, 2.45) is 5.41 Å². The summed E-state index contributed by atoms with van der Waals surface area (Å²) in [6.45, 7) is 7.50. The second-order valence-electron chi connectivity index (χ2n) is 10.2. The van der Waals surface area contributed by atoms with Crippen LogP contribution in [0.15, 0.2) is 48.5 Å². The highest BCUT2D eigenvalue weighted by Gasteiger charge is 2.33. The number of carbonyl (C=O) groups excluding carboxylic acids is 2. The van der Waals surface area contributed by atoms with Crippen molar-refractivity contribution in [2.45, 2.75) is 71.4 Å². The zero-order valence-electron chi connectivity index (χ0n) is 21.0. The molecule has 3 N–H and O–H groups in total. The van der Waals surface area contributed by atoms with E-state index >= 15 is 0 Å². The van der Waals surface area contributed by atoms with E-state index in [2.05, 4.69) is 34.9 Å². The molecule has 0 aromatic heterocycles. The maximum Gasteiger partial charge on any atom is 0.407 e. The van der Waals surface area contributed by atoms with Crippen molar-refractivity contribution < 1.29 is 24.2 Å². The third kappa shape index (κ3) is 6.62. The van der Waals surface area contributed by atoms with Gasteiger partial charge in [-0.15, -0.1) is 0 Å². The normalized spacial score (nSPS) is 14.4. The second-order valence-corrected chi connectivity index (χ2v) is 10.2. The van der Waals surface area contributed by atoms with E-state index in [4.69, 9.17) is 4.74 Å². The molecule has 0 spiro atoms. The highest BCUT2D eigenvalue weighted by molar-refractivity contribution is 5.85. The smallest absolute Gasteiger partial charge is 0.407 e. The number of rotatable bonds is 10. The van der Waals surface area contributed by atoms with Crippen LogP contribution in [0.1, 0.15) is 70.4 Å². The van der Waals surface area contributed by atoms with Crippen molar-refractivity contribution >= 4 is 18.0 Å². The minimum atomic E-state index is -1.08. The molecule has 2 aromatic carbocycles. The lowest BCUT2D eigenvalue weighted by Crippen LogP contribution is -2.50. The summed E-state index contributed by atoms with van der Waals surface area (Å²) in [7, 11) is 0. The number of amides is 2. The maximum absolute atomic E-state index is 12.7. The van der Waals surface area contributed by atoms with E-state index in [1.54, 1.807) is 20.8 Å². The Labute approximate surface area is 207 Å². The average molecular weight is 481 g/mol. The van der Waals surface area contributed by atoms with Gasteiger partial charge in [-0.2, -0.15) is 0 Å². The molecular formula is C28H36N2O5. The summed E-state index contributed by atoms with van der Waals surface area (Å²) in [6, 6.07) is 14.8. The third-order valence-electron chi connectivity index (χ3n) is 6.42. The van der Waals surface area contributed by atoms with Gasteiger partial charge >= 0.3 is 12.1 Å². The van der Waals surface area contributed by atoms with Crippen LogP contribution in [-0.4, -0.2) is 41.8 Å². The molecule has 188 valence electrons. The highest BCUT2D eigenvalue weighted by atomic mass is 16.5. The summed E-state index contributed by atoms with van der Waals surface area (Å²) in [5.41, 5.74) is 3.93. The SMILES string of the molecule is CCCC[C@@H](CC(=O)N[C@@H](C(=O)O)C(C)(C)C)NC(=O)OCC1c2ccccc2-c2ccccc21. The van der Waals surface area contributed by atoms with Crippen molar-refractivity contribution in [3.05, 3.63) is 59.7 Å². The quantitative estimate of drug-likeness (QED) is 0.439. The number of nitrogens with one attached hydrogen (secondary N) is 2. The zero-order chi connectivity index (χ0) is 25.6. The number of hydrogen-bond acceptors (Lipinski definition) is 4.